The van der Waals surface area contributed by atoms with Crippen molar-refractivity contribution in [3.8, 4) is 11.4 Å². The zero-order valence-corrected chi connectivity index (χ0v) is 19.7. The first kappa shape index (κ1) is 23.7. The van der Waals surface area contributed by atoms with Crippen molar-refractivity contribution in [2.45, 2.75) is 20.8 Å². The van der Waals surface area contributed by atoms with E-state index in [4.69, 9.17) is 9.47 Å². The third-order valence-electron chi connectivity index (χ3n) is 5.41. The fraction of sp³-hybridized carbons (Fsp3) is 0.185. The zero-order valence-electron chi connectivity index (χ0n) is 19.7. The summed E-state index contributed by atoms with van der Waals surface area (Å²) in [5.74, 6) is -0.902. The van der Waals surface area contributed by atoms with Crippen molar-refractivity contribution in [3.63, 3.8) is 0 Å². The second-order valence-electron chi connectivity index (χ2n) is 7.71. The molecule has 0 radical (unpaired) electrons. The number of ether oxygens (including phenoxy) is 2. The number of amides is 1. The van der Waals surface area contributed by atoms with Gasteiger partial charge in [-0.15, -0.1) is 0 Å². The molecule has 4 rings (SSSR count). The van der Waals surface area contributed by atoms with Gasteiger partial charge in [-0.25, -0.2) is 4.79 Å². The fourth-order valence-electron chi connectivity index (χ4n) is 3.82. The minimum absolute atomic E-state index is 0.0429. The number of esters is 1. The van der Waals surface area contributed by atoms with E-state index in [9.17, 15) is 14.4 Å². The molecule has 3 aromatic carbocycles. The van der Waals surface area contributed by atoms with E-state index in [1.165, 1.54) is 6.07 Å². The maximum Gasteiger partial charge on any atom is 0.360 e. The number of carbonyl (C=O) groups excluding carboxylic acids is 2. The molecule has 0 fully saturated rings. The van der Waals surface area contributed by atoms with Crippen LogP contribution < -0.4 is 15.6 Å². The molecule has 1 aromatic heterocycles. The predicted octanol–water partition coefficient (Wildman–Crippen LogP) is 4.52. The molecular weight excluding hydrogens is 446 g/mol. The summed E-state index contributed by atoms with van der Waals surface area (Å²) in [5.41, 5.74) is 0.882. The Hall–Kier alpha value is -4.46. The number of fused-ring (bicyclic) bond motifs is 1. The first-order valence-corrected chi connectivity index (χ1v) is 11.3. The van der Waals surface area contributed by atoms with Gasteiger partial charge in [0.2, 0.25) is 0 Å². The highest BCUT2D eigenvalue weighted by Crippen LogP contribution is 2.29. The molecule has 0 spiro atoms. The van der Waals surface area contributed by atoms with E-state index in [2.05, 4.69) is 10.4 Å². The molecule has 0 saturated heterocycles. The molecule has 0 aliphatic carbocycles. The van der Waals surface area contributed by atoms with Gasteiger partial charge in [0.25, 0.3) is 11.5 Å². The molecule has 0 saturated carbocycles. The standard InChI is InChI=1S/C27H25N3O5/c1-4-34-22-15-14-18-11-7-8-12-19(18)24(22)26(32)28-20-16-23(31)30(21-13-9-6-10-17(21)3)29-25(20)27(33)35-5-2/h6-16H,4-5H2,1-3H3,(H,28,32). The molecule has 0 atom stereocenters. The van der Waals surface area contributed by atoms with Crippen LogP contribution in [0.25, 0.3) is 16.5 Å². The van der Waals surface area contributed by atoms with Crippen molar-refractivity contribution in [2.75, 3.05) is 18.5 Å². The van der Waals surface area contributed by atoms with E-state index >= 15 is 0 Å². The summed E-state index contributed by atoms with van der Waals surface area (Å²) in [7, 11) is 0. The minimum Gasteiger partial charge on any atom is -0.493 e. The van der Waals surface area contributed by atoms with Gasteiger partial charge in [-0.1, -0.05) is 48.5 Å². The lowest BCUT2D eigenvalue weighted by Gasteiger charge is -2.16. The Morgan fingerprint density at radius 3 is 2.46 bits per heavy atom. The molecule has 1 N–H and O–H groups in total. The van der Waals surface area contributed by atoms with Crippen LogP contribution in [-0.2, 0) is 4.74 Å². The summed E-state index contributed by atoms with van der Waals surface area (Å²) in [6.07, 6.45) is 0. The minimum atomic E-state index is -0.756. The van der Waals surface area contributed by atoms with Crippen molar-refractivity contribution in [3.05, 3.63) is 93.9 Å². The van der Waals surface area contributed by atoms with Crippen LogP contribution in [0.15, 0.2) is 71.5 Å². The monoisotopic (exact) mass is 471 g/mol. The normalized spacial score (nSPS) is 10.7. The molecule has 0 bridgehead atoms. The van der Waals surface area contributed by atoms with Gasteiger partial charge in [-0.05, 0) is 49.2 Å². The van der Waals surface area contributed by atoms with Crippen molar-refractivity contribution >= 4 is 28.3 Å². The van der Waals surface area contributed by atoms with Gasteiger partial charge in [-0.3, -0.25) is 9.59 Å². The average Bonchev–Trinajstić information content (AvgIpc) is 2.85. The summed E-state index contributed by atoms with van der Waals surface area (Å²) < 4.78 is 12.0. The second kappa shape index (κ2) is 10.2. The Morgan fingerprint density at radius 2 is 1.71 bits per heavy atom. The molecule has 0 aliphatic rings. The van der Waals surface area contributed by atoms with Gasteiger partial charge in [-0.2, -0.15) is 9.78 Å². The lowest BCUT2D eigenvalue weighted by molar-refractivity contribution is 0.0518. The fourth-order valence-corrected chi connectivity index (χ4v) is 3.82. The number of aromatic nitrogens is 2. The number of carbonyl (C=O) groups is 2. The Bertz CT molecular complexity index is 1480. The second-order valence-corrected chi connectivity index (χ2v) is 7.71. The van der Waals surface area contributed by atoms with Crippen LogP contribution in [0.4, 0.5) is 5.69 Å². The lowest BCUT2D eigenvalue weighted by atomic mass is 10.0. The smallest absolute Gasteiger partial charge is 0.360 e. The van der Waals surface area contributed by atoms with E-state index in [0.717, 1.165) is 15.6 Å². The van der Waals surface area contributed by atoms with E-state index in [1.807, 2.05) is 56.3 Å². The quantitative estimate of drug-likeness (QED) is 0.398. The molecule has 1 amide bonds. The third-order valence-corrected chi connectivity index (χ3v) is 5.41. The summed E-state index contributed by atoms with van der Waals surface area (Å²) >= 11 is 0. The van der Waals surface area contributed by atoms with E-state index < -0.39 is 17.4 Å². The maximum absolute atomic E-state index is 13.5. The molecule has 0 unspecified atom stereocenters. The molecule has 0 aliphatic heterocycles. The van der Waals surface area contributed by atoms with Gasteiger partial charge in [0.15, 0.2) is 5.69 Å². The largest absolute Gasteiger partial charge is 0.493 e. The summed E-state index contributed by atoms with van der Waals surface area (Å²) in [6.45, 7) is 5.79. The van der Waals surface area contributed by atoms with Crippen LogP contribution in [0.5, 0.6) is 5.75 Å². The Morgan fingerprint density at radius 1 is 0.971 bits per heavy atom. The topological polar surface area (TPSA) is 99.5 Å². The number of aryl methyl sites for hydroxylation is 1. The number of benzene rings is 3. The number of nitrogens with one attached hydrogen (secondary N) is 1. The number of para-hydroxylation sites is 1. The molecular formula is C27H25N3O5. The van der Waals surface area contributed by atoms with Crippen LogP contribution in [0.2, 0.25) is 0 Å². The molecule has 1 heterocycles. The van der Waals surface area contributed by atoms with Gasteiger partial charge in [0, 0.05) is 6.07 Å². The number of hydrogen-bond donors (Lipinski definition) is 1. The lowest BCUT2D eigenvalue weighted by Crippen LogP contribution is -2.27. The van der Waals surface area contributed by atoms with E-state index in [-0.39, 0.29) is 18.0 Å². The highest BCUT2D eigenvalue weighted by Gasteiger charge is 2.23. The zero-order chi connectivity index (χ0) is 24.9. The van der Waals surface area contributed by atoms with Gasteiger partial charge in [0.05, 0.1) is 30.2 Å². The van der Waals surface area contributed by atoms with Gasteiger partial charge < -0.3 is 14.8 Å². The summed E-state index contributed by atoms with van der Waals surface area (Å²) in [4.78, 5) is 39.3. The Balaban J connectivity index is 1.84. The third kappa shape index (κ3) is 4.77. The molecule has 4 aromatic rings. The van der Waals surface area contributed by atoms with Crippen molar-refractivity contribution in [1.29, 1.82) is 0 Å². The molecule has 8 heteroatoms. The highest BCUT2D eigenvalue weighted by atomic mass is 16.5. The van der Waals surface area contributed by atoms with E-state index in [0.29, 0.717) is 29.0 Å². The number of nitrogens with zero attached hydrogens (tertiary/aromatic N) is 2. The summed E-state index contributed by atoms with van der Waals surface area (Å²) in [6, 6.07) is 19.3. The molecule has 178 valence electrons. The predicted molar refractivity (Wildman–Crippen MR) is 134 cm³/mol. The van der Waals surface area contributed by atoms with E-state index in [1.54, 1.807) is 25.1 Å². The van der Waals surface area contributed by atoms with Crippen molar-refractivity contribution < 1.29 is 19.1 Å². The van der Waals surface area contributed by atoms with Crippen LogP contribution in [0, 0.1) is 6.92 Å². The first-order valence-electron chi connectivity index (χ1n) is 11.3. The SMILES string of the molecule is CCOC(=O)c1nn(-c2ccccc2C)c(=O)cc1NC(=O)c1c(OCC)ccc2ccccc12. The Kier molecular flexibility index (Phi) is 6.91. The number of hydrogen-bond acceptors (Lipinski definition) is 6. The summed E-state index contributed by atoms with van der Waals surface area (Å²) in [5, 5.41) is 8.49. The number of anilines is 1. The number of rotatable bonds is 7. The maximum atomic E-state index is 13.5. The molecule has 35 heavy (non-hydrogen) atoms. The first-order chi connectivity index (χ1) is 16.9. The molecule has 8 nitrogen and oxygen atoms in total. The van der Waals surface area contributed by atoms with Crippen molar-refractivity contribution in [2.24, 2.45) is 0 Å². The average molecular weight is 472 g/mol. The Labute approximate surface area is 202 Å². The van der Waals surface area contributed by atoms with Crippen LogP contribution in [0.1, 0.15) is 40.3 Å². The van der Waals surface area contributed by atoms with Gasteiger partial charge >= 0.3 is 5.97 Å². The highest BCUT2D eigenvalue weighted by molar-refractivity contribution is 6.16. The van der Waals surface area contributed by atoms with Crippen LogP contribution in [-0.4, -0.2) is 34.9 Å². The van der Waals surface area contributed by atoms with Gasteiger partial charge in [0.1, 0.15) is 5.75 Å². The van der Waals surface area contributed by atoms with Crippen molar-refractivity contribution in [1.82, 2.24) is 9.78 Å². The van der Waals surface area contributed by atoms with Crippen LogP contribution in [0.3, 0.4) is 0 Å². The van der Waals surface area contributed by atoms with Crippen LogP contribution >= 0.6 is 0 Å².